The average molecular weight is 620 g/mol. The standard InChI is InChI=1S/C25H28N2O6S4.K/c1-4-19(15-24-26(9-11-36(28,29)30)20-13-17(2)5-7-22(20)34-24)16-25-27(10-12-37(31,32)33)21-14-18(3)6-8-23(21)35-25;/h5-8,13-16H,4,9-12H2,1-3H3,(H-,28,29,30,31,32,33);/q;+1. The molecular weight excluding hydrogens is 592 g/mol. The SMILES string of the molecule is CCC(=Cc1sc2ccc(C)cc2[n+]1CCS(=O)(=O)O)C=C1Sc2ccc(C)cc2N1CCS(=O)(=O)[O-].[K+]. The van der Waals surface area contributed by atoms with Gasteiger partial charge in [-0.25, -0.2) is 8.42 Å². The summed E-state index contributed by atoms with van der Waals surface area (Å²) < 4.78 is 69.4. The molecule has 0 radical (unpaired) electrons. The first-order valence-electron chi connectivity index (χ1n) is 11.6. The molecule has 0 spiro atoms. The van der Waals surface area contributed by atoms with Gasteiger partial charge in [-0.2, -0.15) is 13.0 Å². The van der Waals surface area contributed by atoms with Gasteiger partial charge in [0.25, 0.3) is 15.1 Å². The monoisotopic (exact) mass is 619 g/mol. The third kappa shape index (κ3) is 8.23. The van der Waals surface area contributed by atoms with Crippen LogP contribution in [0, 0.1) is 13.8 Å². The predicted octanol–water partition coefficient (Wildman–Crippen LogP) is 1.49. The first-order chi connectivity index (χ1) is 17.3. The Kier molecular flexibility index (Phi) is 10.9. The molecule has 8 nitrogen and oxygen atoms in total. The number of fused-ring (bicyclic) bond motifs is 2. The van der Waals surface area contributed by atoms with E-state index in [0.717, 1.165) is 47.5 Å². The number of allylic oxidation sites excluding steroid dienone is 2. The van der Waals surface area contributed by atoms with E-state index in [4.69, 9.17) is 0 Å². The van der Waals surface area contributed by atoms with Crippen LogP contribution in [0.5, 0.6) is 0 Å². The van der Waals surface area contributed by atoms with Gasteiger partial charge in [-0.3, -0.25) is 4.55 Å². The molecule has 1 N–H and O–H groups in total. The number of rotatable bonds is 9. The second-order valence-electron chi connectivity index (χ2n) is 8.89. The summed E-state index contributed by atoms with van der Waals surface area (Å²) in [5.74, 6) is -0.905. The first kappa shape index (κ1) is 31.9. The van der Waals surface area contributed by atoms with Crippen molar-refractivity contribution in [1.82, 2.24) is 0 Å². The van der Waals surface area contributed by atoms with Crippen molar-refractivity contribution >= 4 is 65.3 Å². The summed E-state index contributed by atoms with van der Waals surface area (Å²) in [4.78, 5) is 2.85. The molecule has 0 saturated carbocycles. The Morgan fingerprint density at radius 3 is 2.42 bits per heavy atom. The minimum atomic E-state index is -4.39. The molecule has 1 aromatic heterocycles. The van der Waals surface area contributed by atoms with Crippen LogP contribution in [0.15, 0.2) is 58.0 Å². The van der Waals surface area contributed by atoms with Crippen molar-refractivity contribution in [2.45, 2.75) is 38.6 Å². The van der Waals surface area contributed by atoms with Crippen molar-refractivity contribution in [2.75, 3.05) is 23.0 Å². The van der Waals surface area contributed by atoms with E-state index in [1.165, 1.54) is 23.1 Å². The van der Waals surface area contributed by atoms with Gasteiger partial charge in [0.15, 0.2) is 6.54 Å². The zero-order valence-electron chi connectivity index (χ0n) is 21.7. The van der Waals surface area contributed by atoms with Crippen LogP contribution in [0.25, 0.3) is 16.3 Å². The van der Waals surface area contributed by atoms with Crippen LogP contribution < -0.4 is 60.9 Å². The van der Waals surface area contributed by atoms with Crippen LogP contribution in [0.4, 0.5) is 5.69 Å². The zero-order valence-corrected chi connectivity index (χ0v) is 28.1. The maximum atomic E-state index is 11.5. The Bertz CT molecular complexity index is 1630. The topological polar surface area (TPSA) is 119 Å². The van der Waals surface area contributed by atoms with Crippen molar-refractivity contribution in [3.8, 4) is 0 Å². The number of thiazole rings is 1. The number of aryl methyl sites for hydroxylation is 3. The van der Waals surface area contributed by atoms with Gasteiger partial charge in [0, 0.05) is 23.6 Å². The van der Waals surface area contributed by atoms with E-state index in [-0.39, 0.29) is 64.5 Å². The number of thioether (sulfide) groups is 1. The fourth-order valence-electron chi connectivity index (χ4n) is 4.07. The minimum Gasteiger partial charge on any atom is -0.748 e. The Morgan fingerprint density at radius 1 is 1.08 bits per heavy atom. The molecule has 4 rings (SSSR count). The number of aromatic nitrogens is 1. The van der Waals surface area contributed by atoms with Crippen molar-refractivity contribution in [3.05, 3.63) is 69.2 Å². The summed E-state index contributed by atoms with van der Waals surface area (Å²) in [5, 5.41) is 1.65. The second kappa shape index (κ2) is 12.9. The van der Waals surface area contributed by atoms with Crippen LogP contribution in [-0.4, -0.2) is 44.0 Å². The Balaban J connectivity index is 0.00000400. The molecule has 0 bridgehead atoms. The van der Waals surface area contributed by atoms with Gasteiger partial charge < -0.3 is 9.45 Å². The summed E-state index contributed by atoms with van der Waals surface area (Å²) in [6, 6.07) is 11.9. The van der Waals surface area contributed by atoms with Gasteiger partial charge in [0.1, 0.15) is 10.5 Å². The molecule has 2 aromatic carbocycles. The number of benzene rings is 2. The van der Waals surface area contributed by atoms with Crippen LogP contribution >= 0.6 is 23.1 Å². The summed E-state index contributed by atoms with van der Waals surface area (Å²) >= 11 is 3.04. The van der Waals surface area contributed by atoms with Crippen molar-refractivity contribution < 1.29 is 81.9 Å². The van der Waals surface area contributed by atoms with E-state index in [0.29, 0.717) is 6.42 Å². The summed E-state index contributed by atoms with van der Waals surface area (Å²) in [5.41, 5.74) is 4.78. The van der Waals surface area contributed by atoms with Crippen molar-refractivity contribution in [1.29, 1.82) is 0 Å². The normalized spacial score (nSPS) is 15.2. The Labute approximate surface area is 274 Å². The molecule has 0 unspecified atom stereocenters. The molecule has 1 aliphatic rings. The van der Waals surface area contributed by atoms with Crippen LogP contribution in [0.3, 0.4) is 0 Å². The maximum Gasteiger partial charge on any atom is 1.00 e. The van der Waals surface area contributed by atoms with E-state index in [1.54, 1.807) is 0 Å². The maximum absolute atomic E-state index is 11.5. The molecule has 3 aromatic rings. The van der Waals surface area contributed by atoms with Gasteiger partial charge in [0.2, 0.25) is 5.52 Å². The quantitative estimate of drug-likeness (QED) is 0.218. The number of anilines is 1. The molecule has 0 atom stereocenters. The molecule has 198 valence electrons. The van der Waals surface area contributed by atoms with E-state index >= 15 is 0 Å². The third-order valence-corrected chi connectivity index (χ3v) is 9.54. The molecule has 13 heteroatoms. The van der Waals surface area contributed by atoms with Crippen LogP contribution in [0.2, 0.25) is 0 Å². The summed E-state index contributed by atoms with van der Waals surface area (Å²) in [6.07, 6.45) is 4.65. The van der Waals surface area contributed by atoms with Gasteiger partial charge in [-0.05, 0) is 61.2 Å². The van der Waals surface area contributed by atoms with Crippen LogP contribution in [-0.2, 0) is 26.8 Å². The van der Waals surface area contributed by atoms with Gasteiger partial charge in [-0.15, -0.1) is 0 Å². The van der Waals surface area contributed by atoms with E-state index in [1.807, 2.05) is 78.8 Å². The average Bonchev–Trinajstić information content (AvgIpc) is 3.31. The molecule has 0 saturated heterocycles. The third-order valence-electron chi connectivity index (χ3n) is 5.94. The zero-order chi connectivity index (χ0) is 27.0. The fourth-order valence-corrected chi connectivity index (χ4v) is 7.18. The molecule has 0 fully saturated rings. The molecular formula is C25H28KN2O6S4+. The van der Waals surface area contributed by atoms with Gasteiger partial charge in [0.05, 0.1) is 26.6 Å². The Hall–Kier alpha value is -0.584. The van der Waals surface area contributed by atoms with Gasteiger partial charge in [-0.1, -0.05) is 42.2 Å². The smallest absolute Gasteiger partial charge is 0.748 e. The number of nitrogens with zero attached hydrogens (tertiary/aromatic N) is 2. The fraction of sp³-hybridized carbons (Fsp3) is 0.320. The van der Waals surface area contributed by atoms with Crippen molar-refractivity contribution in [3.63, 3.8) is 0 Å². The summed E-state index contributed by atoms with van der Waals surface area (Å²) in [7, 11) is -8.53. The first-order valence-corrected chi connectivity index (χ1v) is 16.4. The largest absolute Gasteiger partial charge is 1.00 e. The Morgan fingerprint density at radius 2 is 1.76 bits per heavy atom. The van der Waals surface area contributed by atoms with Crippen molar-refractivity contribution in [2.24, 2.45) is 0 Å². The minimum absolute atomic E-state index is 0. The molecule has 2 heterocycles. The number of hydrogen-bond acceptors (Lipinski definition) is 8. The van der Waals surface area contributed by atoms with E-state index in [2.05, 4.69) is 0 Å². The van der Waals surface area contributed by atoms with E-state index < -0.39 is 31.7 Å². The predicted molar refractivity (Wildman–Crippen MR) is 148 cm³/mol. The van der Waals surface area contributed by atoms with Crippen LogP contribution in [0.1, 0.15) is 29.5 Å². The summed E-state index contributed by atoms with van der Waals surface area (Å²) in [6.45, 7) is 6.09. The molecule has 0 aliphatic carbocycles. The molecule has 0 amide bonds. The molecule has 1 aliphatic heterocycles. The van der Waals surface area contributed by atoms with Gasteiger partial charge >= 0.3 is 51.4 Å². The second-order valence-corrected chi connectivity index (χ2v) is 14.1. The van der Waals surface area contributed by atoms with E-state index in [9.17, 15) is 25.9 Å². The molecule has 38 heavy (non-hydrogen) atoms. The number of hydrogen-bond donors (Lipinski definition) is 1.